The first-order valence-corrected chi connectivity index (χ1v) is 8.55. The van der Waals surface area contributed by atoms with Gasteiger partial charge in [-0.2, -0.15) is 0 Å². The summed E-state index contributed by atoms with van der Waals surface area (Å²) in [5, 5.41) is 9.13. The topological polar surface area (TPSA) is 57.6 Å². The van der Waals surface area contributed by atoms with E-state index in [0.717, 1.165) is 34.2 Å². The molecule has 0 spiro atoms. The Morgan fingerprint density at radius 3 is 2.44 bits per heavy atom. The van der Waals surface area contributed by atoms with Crippen molar-refractivity contribution in [1.82, 2.24) is 4.90 Å². The Labute approximate surface area is 148 Å². The van der Waals surface area contributed by atoms with E-state index in [9.17, 15) is 9.59 Å². The van der Waals surface area contributed by atoms with Crippen molar-refractivity contribution in [2.24, 2.45) is 0 Å². The fourth-order valence-corrected chi connectivity index (χ4v) is 3.65. The van der Waals surface area contributed by atoms with Gasteiger partial charge in [0, 0.05) is 18.7 Å². The molecule has 0 aliphatic carbocycles. The van der Waals surface area contributed by atoms with Crippen LogP contribution in [-0.2, 0) is 24.2 Å². The van der Waals surface area contributed by atoms with Gasteiger partial charge in [-0.1, -0.05) is 23.8 Å². The summed E-state index contributed by atoms with van der Waals surface area (Å²) in [6.07, 6.45) is 0.822. The summed E-state index contributed by atoms with van der Waals surface area (Å²) >= 11 is 0. The summed E-state index contributed by atoms with van der Waals surface area (Å²) in [5.41, 5.74) is 7.15. The minimum Gasteiger partial charge on any atom is -0.481 e. The molecule has 0 bridgehead atoms. The van der Waals surface area contributed by atoms with Gasteiger partial charge in [0.1, 0.15) is 0 Å². The normalized spacial score (nSPS) is 13.5. The third-order valence-electron chi connectivity index (χ3n) is 5.07. The molecule has 0 radical (unpaired) electrons. The van der Waals surface area contributed by atoms with Crippen LogP contribution in [0.25, 0.3) is 0 Å². The number of hydrogen-bond donors (Lipinski definition) is 1. The quantitative estimate of drug-likeness (QED) is 0.933. The van der Waals surface area contributed by atoms with Gasteiger partial charge < -0.3 is 10.0 Å². The lowest BCUT2D eigenvalue weighted by Gasteiger charge is -2.31. The first-order valence-electron chi connectivity index (χ1n) is 8.55. The minimum atomic E-state index is -0.807. The van der Waals surface area contributed by atoms with Gasteiger partial charge >= 0.3 is 5.97 Å². The van der Waals surface area contributed by atoms with Crippen molar-refractivity contribution in [2.45, 2.75) is 40.2 Å². The average molecular weight is 337 g/mol. The lowest BCUT2D eigenvalue weighted by molar-refractivity contribution is -0.136. The number of benzene rings is 2. The van der Waals surface area contributed by atoms with E-state index in [0.29, 0.717) is 18.7 Å². The van der Waals surface area contributed by atoms with Crippen LogP contribution in [-0.4, -0.2) is 28.4 Å². The number of aryl methyl sites for hydroxylation is 2. The summed E-state index contributed by atoms with van der Waals surface area (Å²) in [5.74, 6) is -0.756. The maximum absolute atomic E-state index is 12.8. The van der Waals surface area contributed by atoms with Crippen molar-refractivity contribution < 1.29 is 14.7 Å². The predicted molar refractivity (Wildman–Crippen MR) is 96.9 cm³/mol. The number of nitrogens with zero attached hydrogens (tertiary/aromatic N) is 1. The number of carboxylic acid groups (broad SMARTS) is 1. The van der Waals surface area contributed by atoms with E-state index < -0.39 is 5.97 Å². The Balaban J connectivity index is 1.87. The van der Waals surface area contributed by atoms with Gasteiger partial charge in [0.25, 0.3) is 5.91 Å². The second kappa shape index (κ2) is 6.71. The Morgan fingerprint density at radius 2 is 1.80 bits per heavy atom. The van der Waals surface area contributed by atoms with Crippen LogP contribution < -0.4 is 0 Å². The zero-order valence-corrected chi connectivity index (χ0v) is 14.9. The molecule has 0 saturated carbocycles. The lowest BCUT2D eigenvalue weighted by Crippen LogP contribution is -2.36. The molecule has 1 amide bonds. The van der Waals surface area contributed by atoms with Crippen LogP contribution in [0.4, 0.5) is 0 Å². The molecule has 2 aromatic rings. The Morgan fingerprint density at radius 1 is 1.12 bits per heavy atom. The van der Waals surface area contributed by atoms with Crippen LogP contribution in [0, 0.1) is 20.8 Å². The molecule has 0 aromatic heterocycles. The van der Waals surface area contributed by atoms with E-state index in [4.69, 9.17) is 5.11 Å². The van der Waals surface area contributed by atoms with E-state index in [1.54, 1.807) is 0 Å². The van der Waals surface area contributed by atoms with Crippen LogP contribution in [0.15, 0.2) is 30.3 Å². The molecular weight excluding hydrogens is 314 g/mol. The Kier molecular flexibility index (Phi) is 4.62. The second-order valence-electron chi connectivity index (χ2n) is 6.85. The molecule has 2 aromatic carbocycles. The number of carbonyl (C=O) groups is 2. The van der Waals surface area contributed by atoms with Gasteiger partial charge in [-0.05, 0) is 67.1 Å². The molecule has 4 nitrogen and oxygen atoms in total. The van der Waals surface area contributed by atoms with Crippen LogP contribution >= 0.6 is 0 Å². The van der Waals surface area contributed by atoms with E-state index in [-0.39, 0.29) is 12.3 Å². The first-order chi connectivity index (χ1) is 11.9. The summed E-state index contributed by atoms with van der Waals surface area (Å²) in [7, 11) is 0. The van der Waals surface area contributed by atoms with Crippen molar-refractivity contribution in [3.8, 4) is 0 Å². The fraction of sp³-hybridized carbons (Fsp3) is 0.333. The van der Waals surface area contributed by atoms with Gasteiger partial charge in [-0.3, -0.25) is 9.59 Å². The Hall–Kier alpha value is -2.62. The molecule has 1 N–H and O–H groups in total. The van der Waals surface area contributed by atoms with Crippen LogP contribution in [0.2, 0.25) is 0 Å². The molecular formula is C21H23NO3. The standard InChI is InChI=1S/C21H23NO3/c1-13-4-6-16(7-5-13)21(25)22-9-8-18-15(3)19(11-20(23)24)14(2)10-17(18)12-22/h4-7,10H,8-9,11-12H2,1-3H3,(H,23,24). The molecule has 0 fully saturated rings. The maximum Gasteiger partial charge on any atom is 0.307 e. The van der Waals surface area contributed by atoms with E-state index >= 15 is 0 Å². The molecule has 3 rings (SSSR count). The minimum absolute atomic E-state index is 0.0515. The van der Waals surface area contributed by atoms with E-state index in [1.165, 1.54) is 5.56 Å². The van der Waals surface area contributed by atoms with Crippen molar-refractivity contribution >= 4 is 11.9 Å². The molecule has 0 atom stereocenters. The smallest absolute Gasteiger partial charge is 0.307 e. The summed E-state index contributed by atoms with van der Waals surface area (Å²) in [6.45, 7) is 7.20. The van der Waals surface area contributed by atoms with Crippen LogP contribution in [0.3, 0.4) is 0 Å². The average Bonchev–Trinajstić information content (AvgIpc) is 2.58. The summed E-state index contributed by atoms with van der Waals surface area (Å²) in [6, 6.07) is 9.71. The molecule has 25 heavy (non-hydrogen) atoms. The first kappa shape index (κ1) is 17.2. The molecule has 1 aliphatic heterocycles. The number of rotatable bonds is 3. The largest absolute Gasteiger partial charge is 0.481 e. The SMILES string of the molecule is Cc1ccc(C(=O)N2CCc3c(cc(C)c(CC(=O)O)c3C)C2)cc1. The van der Waals surface area contributed by atoms with Crippen LogP contribution in [0.5, 0.6) is 0 Å². The molecule has 1 aliphatic rings. The molecule has 4 heteroatoms. The zero-order chi connectivity index (χ0) is 18.1. The monoisotopic (exact) mass is 337 g/mol. The van der Waals surface area contributed by atoms with Gasteiger partial charge in [-0.15, -0.1) is 0 Å². The Bertz CT molecular complexity index is 837. The van der Waals surface area contributed by atoms with Crippen molar-refractivity contribution in [2.75, 3.05) is 6.54 Å². The number of carbonyl (C=O) groups excluding carboxylic acids is 1. The summed E-state index contributed by atoms with van der Waals surface area (Å²) in [4.78, 5) is 25.7. The highest BCUT2D eigenvalue weighted by Gasteiger charge is 2.24. The van der Waals surface area contributed by atoms with Gasteiger partial charge in [0.15, 0.2) is 0 Å². The fourth-order valence-electron chi connectivity index (χ4n) is 3.65. The number of carboxylic acids is 1. The molecule has 0 unspecified atom stereocenters. The van der Waals surface area contributed by atoms with Crippen molar-refractivity contribution in [1.29, 1.82) is 0 Å². The molecule has 1 heterocycles. The van der Waals surface area contributed by atoms with Crippen molar-refractivity contribution in [3.05, 3.63) is 69.3 Å². The highest BCUT2D eigenvalue weighted by Crippen LogP contribution is 2.28. The zero-order valence-electron chi connectivity index (χ0n) is 14.9. The molecule has 130 valence electrons. The second-order valence-corrected chi connectivity index (χ2v) is 6.85. The third kappa shape index (κ3) is 3.43. The third-order valence-corrected chi connectivity index (χ3v) is 5.07. The number of amides is 1. The van der Waals surface area contributed by atoms with Crippen molar-refractivity contribution in [3.63, 3.8) is 0 Å². The van der Waals surface area contributed by atoms with E-state index in [2.05, 4.69) is 6.07 Å². The molecule has 0 saturated heterocycles. The summed E-state index contributed by atoms with van der Waals surface area (Å²) < 4.78 is 0. The number of aliphatic carboxylic acids is 1. The van der Waals surface area contributed by atoms with Gasteiger partial charge in [0.2, 0.25) is 0 Å². The van der Waals surface area contributed by atoms with Gasteiger partial charge in [0.05, 0.1) is 6.42 Å². The maximum atomic E-state index is 12.8. The predicted octanol–water partition coefficient (Wildman–Crippen LogP) is 3.44. The highest BCUT2D eigenvalue weighted by molar-refractivity contribution is 5.94. The van der Waals surface area contributed by atoms with Crippen LogP contribution in [0.1, 0.15) is 43.7 Å². The number of fused-ring (bicyclic) bond motifs is 1. The number of hydrogen-bond acceptors (Lipinski definition) is 2. The lowest BCUT2D eigenvalue weighted by atomic mass is 9.87. The highest BCUT2D eigenvalue weighted by atomic mass is 16.4. The van der Waals surface area contributed by atoms with Gasteiger partial charge in [-0.25, -0.2) is 0 Å². The van der Waals surface area contributed by atoms with E-state index in [1.807, 2.05) is 49.9 Å².